The van der Waals surface area contributed by atoms with Gasteiger partial charge in [-0.3, -0.25) is 9.59 Å². The maximum Gasteiger partial charge on any atom is 0.368 e. The Hall–Kier alpha value is -4.87. The van der Waals surface area contributed by atoms with E-state index in [1.165, 1.54) is 24.1 Å². The molecule has 206 valence electrons. The topological polar surface area (TPSA) is 157 Å². The third kappa shape index (κ3) is 5.33. The Morgan fingerprint density at radius 3 is 2.45 bits per heavy atom. The molecule has 3 N–H and O–H groups in total. The van der Waals surface area contributed by atoms with Crippen molar-refractivity contribution in [1.82, 2.24) is 40.4 Å². The minimum atomic E-state index is -0.464. The zero-order valence-electron chi connectivity index (χ0n) is 22.7. The Balaban J connectivity index is 1.23. The molecule has 0 saturated heterocycles. The number of rotatable bonds is 6. The summed E-state index contributed by atoms with van der Waals surface area (Å²) < 4.78 is 2.38. The van der Waals surface area contributed by atoms with Gasteiger partial charge in [0.25, 0.3) is 11.8 Å². The van der Waals surface area contributed by atoms with E-state index >= 15 is 0 Å². The van der Waals surface area contributed by atoms with Crippen molar-refractivity contribution in [2.24, 2.45) is 7.05 Å². The number of nitrogens with one attached hydrogen (secondary N) is 2. The molecular weight excluding hydrogens is 512 g/mol. The van der Waals surface area contributed by atoms with Crippen LogP contribution in [0.3, 0.4) is 0 Å². The van der Waals surface area contributed by atoms with Gasteiger partial charge < -0.3 is 15.7 Å². The van der Waals surface area contributed by atoms with Crippen LogP contribution in [0.1, 0.15) is 76.5 Å². The van der Waals surface area contributed by atoms with Gasteiger partial charge in [-0.05, 0) is 69.1 Å². The lowest BCUT2D eigenvalue weighted by Gasteiger charge is -2.20. The fraction of sp³-hybridized carbons (Fsp3) is 0.321. The first-order chi connectivity index (χ1) is 19.0. The molecule has 0 fully saturated rings. The molecule has 2 amide bonds. The normalized spacial score (nSPS) is 14.6. The minimum Gasteiger partial charge on any atom is -0.508 e. The highest BCUT2D eigenvalue weighted by Crippen LogP contribution is 2.33. The summed E-state index contributed by atoms with van der Waals surface area (Å²) in [6.45, 7) is 6.22. The SMILES string of the molecule is Cn1nnn(-c2ccc3c(c2)CC[C@@H]3NC(=O)c2cc(C(=O)NCc3ccc(C(C)(C)C)c(O)c3)ncn2)c1=O. The van der Waals surface area contributed by atoms with Crippen molar-refractivity contribution in [3.8, 4) is 11.4 Å². The van der Waals surface area contributed by atoms with Gasteiger partial charge in [0.2, 0.25) is 0 Å². The van der Waals surface area contributed by atoms with E-state index in [2.05, 4.69) is 31.0 Å². The van der Waals surface area contributed by atoms with Gasteiger partial charge in [-0.15, -0.1) is 0 Å². The number of tetrazole rings is 1. The number of aromatic nitrogens is 6. The zero-order chi connectivity index (χ0) is 28.6. The smallest absolute Gasteiger partial charge is 0.368 e. The number of phenolic OH excluding ortho intramolecular Hbond substituents is 1. The van der Waals surface area contributed by atoms with Crippen molar-refractivity contribution < 1.29 is 14.7 Å². The summed E-state index contributed by atoms with van der Waals surface area (Å²) in [4.78, 5) is 46.0. The van der Waals surface area contributed by atoms with Crippen molar-refractivity contribution in [1.29, 1.82) is 0 Å². The number of fused-ring (bicyclic) bond motifs is 1. The Morgan fingerprint density at radius 2 is 1.77 bits per heavy atom. The highest BCUT2D eigenvalue weighted by Gasteiger charge is 2.26. The summed E-state index contributed by atoms with van der Waals surface area (Å²) in [5, 5.41) is 23.7. The molecule has 1 aliphatic rings. The summed E-state index contributed by atoms with van der Waals surface area (Å²) in [5.74, 6) is -0.715. The molecule has 12 heteroatoms. The fourth-order valence-corrected chi connectivity index (χ4v) is 4.79. The highest BCUT2D eigenvalue weighted by molar-refractivity contribution is 5.97. The molecule has 40 heavy (non-hydrogen) atoms. The number of phenols is 1. The van der Waals surface area contributed by atoms with Crippen LogP contribution in [0.15, 0.2) is 53.6 Å². The molecule has 0 radical (unpaired) electrons. The van der Waals surface area contributed by atoms with E-state index in [1.807, 2.05) is 45.0 Å². The Bertz CT molecular complexity index is 1670. The number of hydrogen-bond donors (Lipinski definition) is 3. The lowest BCUT2D eigenvalue weighted by Crippen LogP contribution is -2.29. The molecular formula is C28H30N8O4. The average molecular weight is 543 g/mol. The Labute approximate surface area is 230 Å². The van der Waals surface area contributed by atoms with Crippen molar-refractivity contribution in [3.63, 3.8) is 0 Å². The van der Waals surface area contributed by atoms with Crippen LogP contribution in [0.2, 0.25) is 0 Å². The zero-order valence-corrected chi connectivity index (χ0v) is 22.7. The van der Waals surface area contributed by atoms with E-state index in [0.29, 0.717) is 18.5 Å². The maximum absolute atomic E-state index is 13.0. The second kappa shape index (κ2) is 10.4. The Morgan fingerprint density at radius 1 is 1.02 bits per heavy atom. The van der Waals surface area contributed by atoms with E-state index in [0.717, 1.165) is 26.9 Å². The van der Waals surface area contributed by atoms with Crippen LogP contribution < -0.4 is 16.3 Å². The standard InChI is InChI=1S/C28H30N8O4/c1-28(2,3)20-9-5-16(11-24(20)37)14-29-25(38)22-13-23(31-15-30-22)26(39)32-21-10-6-17-12-18(7-8-19(17)21)36-27(40)35(4)33-34-36/h5,7-9,11-13,15,21,37H,6,10,14H2,1-4H3,(H,29,38)(H,32,39)/t21-/m0/s1. The van der Waals surface area contributed by atoms with Crippen molar-refractivity contribution in [2.45, 2.75) is 51.6 Å². The predicted octanol–water partition coefficient (Wildman–Crippen LogP) is 2.11. The first-order valence-electron chi connectivity index (χ1n) is 12.9. The van der Waals surface area contributed by atoms with E-state index in [-0.39, 0.29) is 40.8 Å². The molecule has 1 aliphatic carbocycles. The molecule has 1 atom stereocenters. The van der Waals surface area contributed by atoms with Gasteiger partial charge in [-0.2, -0.15) is 9.36 Å². The van der Waals surface area contributed by atoms with Crippen molar-refractivity contribution >= 4 is 11.8 Å². The van der Waals surface area contributed by atoms with E-state index < -0.39 is 11.8 Å². The van der Waals surface area contributed by atoms with Crippen LogP contribution in [-0.2, 0) is 25.4 Å². The number of nitrogens with zero attached hydrogens (tertiary/aromatic N) is 6. The van der Waals surface area contributed by atoms with E-state index in [4.69, 9.17) is 0 Å². The number of benzene rings is 2. The van der Waals surface area contributed by atoms with Gasteiger partial charge >= 0.3 is 5.69 Å². The van der Waals surface area contributed by atoms with Crippen molar-refractivity contribution in [3.05, 3.63) is 92.9 Å². The number of carbonyl (C=O) groups is 2. The second-order valence-corrected chi connectivity index (χ2v) is 10.8. The number of carbonyl (C=O) groups excluding carboxylic acids is 2. The van der Waals surface area contributed by atoms with Crippen LogP contribution in [0.5, 0.6) is 5.75 Å². The van der Waals surface area contributed by atoms with Crippen LogP contribution in [0.4, 0.5) is 0 Å². The highest BCUT2D eigenvalue weighted by atomic mass is 16.3. The van der Waals surface area contributed by atoms with Gasteiger partial charge in [0, 0.05) is 19.7 Å². The summed E-state index contributed by atoms with van der Waals surface area (Å²) in [7, 11) is 1.53. The summed E-state index contributed by atoms with van der Waals surface area (Å²) in [5.41, 5.74) is 3.69. The molecule has 0 bridgehead atoms. The van der Waals surface area contributed by atoms with Crippen LogP contribution in [0.25, 0.3) is 5.69 Å². The van der Waals surface area contributed by atoms with Crippen LogP contribution >= 0.6 is 0 Å². The molecule has 0 unspecified atom stereocenters. The second-order valence-electron chi connectivity index (χ2n) is 10.8. The lowest BCUT2D eigenvalue weighted by atomic mass is 9.86. The maximum atomic E-state index is 13.0. The van der Waals surface area contributed by atoms with Gasteiger partial charge in [0.05, 0.1) is 11.7 Å². The van der Waals surface area contributed by atoms with Crippen molar-refractivity contribution in [2.75, 3.05) is 0 Å². The van der Waals surface area contributed by atoms with E-state index in [9.17, 15) is 19.5 Å². The Kier molecular flexibility index (Phi) is 6.92. The molecule has 0 saturated carbocycles. The number of amides is 2. The summed E-state index contributed by atoms with van der Waals surface area (Å²) in [6, 6.07) is 12.0. The number of aryl methyl sites for hydroxylation is 2. The minimum absolute atomic E-state index is 0.0570. The monoisotopic (exact) mass is 542 g/mol. The largest absolute Gasteiger partial charge is 0.508 e. The van der Waals surface area contributed by atoms with Gasteiger partial charge in [0.15, 0.2) is 0 Å². The van der Waals surface area contributed by atoms with Crippen LogP contribution in [-0.4, -0.2) is 46.7 Å². The average Bonchev–Trinajstić information content (AvgIpc) is 3.48. The molecule has 2 aromatic carbocycles. The van der Waals surface area contributed by atoms with Gasteiger partial charge in [-0.1, -0.05) is 39.0 Å². The molecule has 4 aromatic rings. The molecule has 2 heterocycles. The third-order valence-electron chi connectivity index (χ3n) is 6.93. The molecule has 12 nitrogen and oxygen atoms in total. The first kappa shape index (κ1) is 26.7. The molecule has 5 rings (SSSR count). The quantitative estimate of drug-likeness (QED) is 0.334. The fourth-order valence-electron chi connectivity index (χ4n) is 4.79. The van der Waals surface area contributed by atoms with Gasteiger partial charge in [-0.25, -0.2) is 14.8 Å². The summed E-state index contributed by atoms with van der Waals surface area (Å²) >= 11 is 0. The first-order valence-corrected chi connectivity index (χ1v) is 12.9. The number of aromatic hydroxyl groups is 1. The van der Waals surface area contributed by atoms with Gasteiger partial charge in [0.1, 0.15) is 23.5 Å². The summed E-state index contributed by atoms with van der Waals surface area (Å²) in [6.07, 6.45) is 2.58. The van der Waals surface area contributed by atoms with E-state index in [1.54, 1.807) is 12.1 Å². The molecule has 0 aliphatic heterocycles. The predicted molar refractivity (Wildman–Crippen MR) is 145 cm³/mol. The lowest BCUT2D eigenvalue weighted by molar-refractivity contribution is 0.0931. The molecule has 2 aromatic heterocycles. The number of hydrogen-bond acceptors (Lipinski definition) is 8. The third-order valence-corrected chi connectivity index (χ3v) is 6.93. The molecule has 0 spiro atoms. The van der Waals surface area contributed by atoms with Crippen LogP contribution in [0, 0.1) is 0 Å².